The number of halogens is 3. The van der Waals surface area contributed by atoms with Crippen LogP contribution in [0.2, 0.25) is 10.0 Å². The Labute approximate surface area is 153 Å². The summed E-state index contributed by atoms with van der Waals surface area (Å²) in [5, 5.41) is 14.0. The lowest BCUT2D eigenvalue weighted by atomic mass is 10.2. The van der Waals surface area contributed by atoms with Crippen LogP contribution in [-0.4, -0.2) is 24.4 Å². The molecule has 0 aliphatic carbocycles. The van der Waals surface area contributed by atoms with Crippen molar-refractivity contribution in [1.29, 1.82) is 0 Å². The first kappa shape index (κ1) is 19.1. The molecule has 2 N–H and O–H groups in total. The van der Waals surface area contributed by atoms with Gasteiger partial charge in [0.1, 0.15) is 18.0 Å². The Morgan fingerprint density at radius 3 is 2.68 bits per heavy atom. The molecular weight excluding hydrogens is 372 g/mol. The summed E-state index contributed by atoms with van der Waals surface area (Å²) < 4.78 is 13.8. The highest BCUT2D eigenvalue weighted by Crippen LogP contribution is 2.27. The Morgan fingerprint density at radius 2 is 2.04 bits per heavy atom. The molecule has 0 fully saturated rings. The van der Waals surface area contributed by atoms with Gasteiger partial charge in [0.25, 0.3) is 11.6 Å². The highest BCUT2D eigenvalue weighted by atomic mass is 35.5. The molecule has 2 rings (SSSR count). The molecule has 0 bridgehead atoms. The van der Waals surface area contributed by atoms with Crippen molar-refractivity contribution < 1.29 is 19.0 Å². The molecule has 0 saturated carbocycles. The molecule has 132 valence electrons. The molecule has 2 aromatic rings. The number of nitrogens with one attached hydrogen (secondary N) is 2. The van der Waals surface area contributed by atoms with Crippen molar-refractivity contribution in [1.82, 2.24) is 0 Å². The molecule has 6 nitrogen and oxygen atoms in total. The van der Waals surface area contributed by atoms with Crippen molar-refractivity contribution in [3.8, 4) is 0 Å². The van der Waals surface area contributed by atoms with Gasteiger partial charge in [0.2, 0.25) is 0 Å². The average molecular weight is 387 g/mol. The minimum atomic E-state index is -0.628. The Morgan fingerprint density at radius 1 is 1.32 bits per heavy atom. The fourth-order valence-corrected chi connectivity index (χ4v) is 2.69. The minimum absolute atomic E-state index is 0.0234. The van der Waals surface area contributed by atoms with Crippen molar-refractivity contribution in [2.75, 3.05) is 18.9 Å². The van der Waals surface area contributed by atoms with Crippen LogP contribution in [0.5, 0.6) is 0 Å². The van der Waals surface area contributed by atoms with Gasteiger partial charge in [-0.2, -0.15) is 0 Å². The fraction of sp³-hybridized carbons (Fsp3) is 0.188. The summed E-state index contributed by atoms with van der Waals surface area (Å²) in [6, 6.07) is 8.34. The van der Waals surface area contributed by atoms with Gasteiger partial charge in [0.05, 0.1) is 22.6 Å². The highest BCUT2D eigenvalue weighted by molar-refractivity contribution is 6.31. The third-order valence-corrected chi connectivity index (χ3v) is 4.02. The van der Waals surface area contributed by atoms with Gasteiger partial charge in [-0.05, 0) is 24.3 Å². The second-order valence-corrected chi connectivity index (χ2v) is 6.32. The van der Waals surface area contributed by atoms with E-state index in [1.807, 2.05) is 0 Å². The number of hydrogen-bond donors (Lipinski definition) is 2. The number of hydrogen-bond acceptors (Lipinski definition) is 3. The molecular formula is C16H15Cl2FN3O3+. The number of nitro benzene ring substituents is 1. The standard InChI is InChI=1S/C16H14Cl2FN3O3/c1-21(8-11-12(18)3-2-4-13(11)19)9-16(23)20-14-6-5-10(17)7-15(14)22(24)25/h2-7H,8-9H2,1H3,(H,20,23)/p+1. The van der Waals surface area contributed by atoms with Crippen molar-refractivity contribution in [2.24, 2.45) is 0 Å². The van der Waals surface area contributed by atoms with Crippen LogP contribution < -0.4 is 10.2 Å². The molecule has 0 saturated heterocycles. The first-order valence-electron chi connectivity index (χ1n) is 7.26. The van der Waals surface area contributed by atoms with E-state index in [-0.39, 0.29) is 34.5 Å². The molecule has 9 heteroatoms. The summed E-state index contributed by atoms with van der Waals surface area (Å²) in [4.78, 5) is 23.2. The smallest absolute Gasteiger partial charge is 0.294 e. The first-order valence-corrected chi connectivity index (χ1v) is 8.01. The number of amides is 1. The Hall–Kier alpha value is -2.22. The maximum Gasteiger partial charge on any atom is 0.294 e. The molecule has 0 aromatic heterocycles. The zero-order valence-electron chi connectivity index (χ0n) is 13.2. The third kappa shape index (κ3) is 5.12. The van der Waals surface area contributed by atoms with Gasteiger partial charge in [-0.15, -0.1) is 0 Å². The second-order valence-electron chi connectivity index (χ2n) is 5.48. The van der Waals surface area contributed by atoms with Crippen molar-refractivity contribution in [2.45, 2.75) is 6.54 Å². The van der Waals surface area contributed by atoms with Crippen molar-refractivity contribution >= 4 is 40.5 Å². The summed E-state index contributed by atoms with van der Waals surface area (Å²) in [6.45, 7) is 0.173. The van der Waals surface area contributed by atoms with E-state index in [0.29, 0.717) is 10.5 Å². The summed E-state index contributed by atoms with van der Waals surface area (Å²) in [5.74, 6) is -0.893. The topological polar surface area (TPSA) is 76.7 Å². The second kappa shape index (κ2) is 8.24. The van der Waals surface area contributed by atoms with E-state index in [1.165, 1.54) is 24.3 Å². The van der Waals surface area contributed by atoms with Crippen molar-refractivity contribution in [3.63, 3.8) is 0 Å². The maximum atomic E-state index is 13.8. The number of nitro groups is 1. The molecule has 0 aliphatic rings. The molecule has 1 unspecified atom stereocenters. The number of likely N-dealkylation sites (N-methyl/N-ethyl adjacent to an activating group) is 1. The lowest BCUT2D eigenvalue weighted by molar-refractivity contribution is -0.885. The zero-order valence-corrected chi connectivity index (χ0v) is 14.7. The number of carbonyl (C=O) groups is 1. The summed E-state index contributed by atoms with van der Waals surface area (Å²) in [6.07, 6.45) is 0. The van der Waals surface area contributed by atoms with E-state index >= 15 is 0 Å². The molecule has 0 aliphatic heterocycles. The number of benzene rings is 2. The molecule has 2 aromatic carbocycles. The molecule has 1 atom stereocenters. The number of quaternary nitrogens is 1. The lowest BCUT2D eigenvalue weighted by Gasteiger charge is -2.15. The Bertz CT molecular complexity index is 797. The molecule has 0 heterocycles. The summed E-state index contributed by atoms with van der Waals surface area (Å²) in [5.41, 5.74) is 0.0683. The minimum Gasteiger partial charge on any atom is -0.326 e. The van der Waals surface area contributed by atoms with Gasteiger partial charge in [0.15, 0.2) is 6.54 Å². The fourth-order valence-electron chi connectivity index (χ4n) is 2.30. The quantitative estimate of drug-likeness (QED) is 0.591. The largest absolute Gasteiger partial charge is 0.326 e. The Kier molecular flexibility index (Phi) is 6.30. The van der Waals surface area contributed by atoms with Gasteiger partial charge in [-0.3, -0.25) is 14.9 Å². The zero-order chi connectivity index (χ0) is 18.6. The first-order chi connectivity index (χ1) is 11.8. The van der Waals surface area contributed by atoms with Gasteiger partial charge in [0, 0.05) is 11.1 Å². The molecule has 0 radical (unpaired) electrons. The maximum absolute atomic E-state index is 13.8. The van der Waals surface area contributed by atoms with Gasteiger partial charge < -0.3 is 10.2 Å². The number of rotatable bonds is 6. The van der Waals surface area contributed by atoms with E-state index in [0.717, 1.165) is 6.07 Å². The molecule has 25 heavy (non-hydrogen) atoms. The predicted octanol–water partition coefficient (Wildman–Crippen LogP) is 2.69. The van der Waals surface area contributed by atoms with E-state index in [1.54, 1.807) is 13.1 Å². The molecule has 0 spiro atoms. The van der Waals surface area contributed by atoms with Crippen LogP contribution in [0, 0.1) is 15.9 Å². The number of anilines is 1. The van der Waals surface area contributed by atoms with E-state index in [2.05, 4.69) is 5.32 Å². The lowest BCUT2D eigenvalue weighted by Crippen LogP contribution is -3.08. The van der Waals surface area contributed by atoms with Crippen LogP contribution in [0.4, 0.5) is 15.8 Å². The van der Waals surface area contributed by atoms with Crippen LogP contribution in [0.1, 0.15) is 5.56 Å². The van der Waals surface area contributed by atoms with E-state index in [9.17, 15) is 19.3 Å². The van der Waals surface area contributed by atoms with Crippen molar-refractivity contribution in [3.05, 3.63) is 67.9 Å². The average Bonchev–Trinajstić information content (AvgIpc) is 2.52. The van der Waals surface area contributed by atoms with Gasteiger partial charge >= 0.3 is 0 Å². The normalized spacial score (nSPS) is 11.8. The predicted molar refractivity (Wildman–Crippen MR) is 93.6 cm³/mol. The highest BCUT2D eigenvalue weighted by Gasteiger charge is 2.19. The van der Waals surface area contributed by atoms with Crippen LogP contribution in [0.15, 0.2) is 36.4 Å². The van der Waals surface area contributed by atoms with Crippen LogP contribution in [0.3, 0.4) is 0 Å². The summed E-state index contributed by atoms with van der Waals surface area (Å²) >= 11 is 11.7. The Balaban J connectivity index is 2.04. The van der Waals surface area contributed by atoms with Crippen LogP contribution in [-0.2, 0) is 11.3 Å². The SMILES string of the molecule is C[NH+](CC(=O)Nc1ccc(Cl)cc1[N+](=O)[O-])Cc1c(F)cccc1Cl. The summed E-state index contributed by atoms with van der Waals surface area (Å²) in [7, 11) is 1.69. The number of nitrogens with zero attached hydrogens (tertiary/aromatic N) is 1. The van der Waals surface area contributed by atoms with E-state index in [4.69, 9.17) is 23.2 Å². The van der Waals surface area contributed by atoms with Gasteiger partial charge in [-0.25, -0.2) is 4.39 Å². The third-order valence-electron chi connectivity index (χ3n) is 3.43. The monoisotopic (exact) mass is 386 g/mol. The molecule has 1 amide bonds. The van der Waals surface area contributed by atoms with Crippen LogP contribution >= 0.6 is 23.2 Å². The van der Waals surface area contributed by atoms with Crippen LogP contribution in [0.25, 0.3) is 0 Å². The number of carbonyl (C=O) groups excluding carboxylic acids is 1. The van der Waals surface area contributed by atoms with E-state index < -0.39 is 16.6 Å². The van der Waals surface area contributed by atoms with Gasteiger partial charge in [-0.1, -0.05) is 29.3 Å².